The standard InChI is InChI=1S/C15H18N4O2S/c16-19-10-13(12-4-2-1-3-5-12)17-15(19)22-11-14(20)18-6-8-21-9-7-18/h1-5,10H,6-9,11,16H2. The van der Waals surface area contributed by atoms with Gasteiger partial charge in [-0.3, -0.25) is 4.79 Å². The fourth-order valence-electron chi connectivity index (χ4n) is 2.26. The molecule has 1 aromatic heterocycles. The van der Waals surface area contributed by atoms with E-state index >= 15 is 0 Å². The van der Waals surface area contributed by atoms with E-state index in [-0.39, 0.29) is 5.91 Å². The molecule has 7 heteroatoms. The Morgan fingerprint density at radius 2 is 2.00 bits per heavy atom. The van der Waals surface area contributed by atoms with E-state index < -0.39 is 0 Å². The van der Waals surface area contributed by atoms with Crippen LogP contribution in [0.15, 0.2) is 41.7 Å². The number of nitrogens with two attached hydrogens (primary N) is 1. The number of hydrogen-bond donors (Lipinski definition) is 1. The number of benzene rings is 1. The minimum absolute atomic E-state index is 0.0950. The molecule has 0 bridgehead atoms. The van der Waals surface area contributed by atoms with E-state index in [9.17, 15) is 4.79 Å². The van der Waals surface area contributed by atoms with Crippen molar-refractivity contribution >= 4 is 17.7 Å². The lowest BCUT2D eigenvalue weighted by Gasteiger charge is -2.26. The summed E-state index contributed by atoms with van der Waals surface area (Å²) in [5.74, 6) is 6.36. The predicted octanol–water partition coefficient (Wildman–Crippen LogP) is 1.21. The van der Waals surface area contributed by atoms with Crippen molar-refractivity contribution in [3.8, 4) is 11.3 Å². The first-order valence-electron chi connectivity index (χ1n) is 7.12. The lowest BCUT2D eigenvalue weighted by Crippen LogP contribution is -2.41. The van der Waals surface area contributed by atoms with Crippen molar-refractivity contribution in [1.82, 2.24) is 14.6 Å². The molecule has 0 saturated carbocycles. The number of hydrogen-bond acceptors (Lipinski definition) is 5. The van der Waals surface area contributed by atoms with Crippen molar-refractivity contribution in [1.29, 1.82) is 0 Å². The topological polar surface area (TPSA) is 73.4 Å². The summed E-state index contributed by atoms with van der Waals surface area (Å²) in [5, 5.41) is 0.639. The molecule has 1 aliphatic rings. The molecule has 2 heterocycles. The average Bonchev–Trinajstić information content (AvgIpc) is 2.95. The first-order valence-corrected chi connectivity index (χ1v) is 8.11. The first-order chi connectivity index (χ1) is 10.7. The van der Waals surface area contributed by atoms with Gasteiger partial charge in [-0.2, -0.15) is 0 Å². The van der Waals surface area contributed by atoms with Crippen LogP contribution in [0.4, 0.5) is 0 Å². The third kappa shape index (κ3) is 3.42. The number of carbonyl (C=O) groups excluding carboxylic acids is 1. The Hall–Kier alpha value is -1.99. The van der Waals surface area contributed by atoms with E-state index in [1.54, 1.807) is 6.20 Å². The molecule has 0 spiro atoms. The lowest BCUT2D eigenvalue weighted by molar-refractivity contribution is -0.132. The Bertz CT molecular complexity index is 638. The summed E-state index contributed by atoms with van der Waals surface area (Å²) in [5.41, 5.74) is 1.82. The molecule has 0 unspecified atom stereocenters. The largest absolute Gasteiger partial charge is 0.378 e. The van der Waals surface area contributed by atoms with Gasteiger partial charge < -0.3 is 15.5 Å². The number of morpholine rings is 1. The van der Waals surface area contributed by atoms with Gasteiger partial charge in [0.25, 0.3) is 0 Å². The van der Waals surface area contributed by atoms with E-state index in [1.165, 1.54) is 16.4 Å². The van der Waals surface area contributed by atoms with Crippen LogP contribution in [0, 0.1) is 0 Å². The summed E-state index contributed by atoms with van der Waals surface area (Å²) in [4.78, 5) is 18.5. The van der Waals surface area contributed by atoms with Crippen molar-refractivity contribution in [3.05, 3.63) is 36.5 Å². The zero-order chi connectivity index (χ0) is 15.4. The first kappa shape index (κ1) is 14.9. The summed E-state index contributed by atoms with van der Waals surface area (Å²) in [6, 6.07) is 9.84. The molecule has 2 N–H and O–H groups in total. The molecule has 0 radical (unpaired) electrons. The van der Waals surface area contributed by atoms with Crippen molar-refractivity contribution in [2.45, 2.75) is 5.16 Å². The maximum Gasteiger partial charge on any atom is 0.233 e. The van der Waals surface area contributed by atoms with Gasteiger partial charge in [-0.1, -0.05) is 42.1 Å². The fraction of sp³-hybridized carbons (Fsp3) is 0.333. The Labute approximate surface area is 133 Å². The van der Waals surface area contributed by atoms with E-state index in [0.717, 1.165) is 11.3 Å². The van der Waals surface area contributed by atoms with Crippen LogP contribution in [-0.4, -0.2) is 52.5 Å². The molecule has 0 aliphatic carbocycles. The van der Waals surface area contributed by atoms with Gasteiger partial charge in [-0.05, 0) is 0 Å². The number of ether oxygens (including phenoxy) is 1. The molecular weight excluding hydrogens is 300 g/mol. The zero-order valence-corrected chi connectivity index (χ0v) is 13.0. The molecule has 1 saturated heterocycles. The average molecular weight is 318 g/mol. The van der Waals surface area contributed by atoms with E-state index in [0.29, 0.717) is 37.2 Å². The Morgan fingerprint density at radius 3 is 2.73 bits per heavy atom. The van der Waals surface area contributed by atoms with Crippen molar-refractivity contribution in [2.24, 2.45) is 0 Å². The smallest absolute Gasteiger partial charge is 0.233 e. The van der Waals surface area contributed by atoms with Crippen LogP contribution in [0.3, 0.4) is 0 Å². The van der Waals surface area contributed by atoms with Crippen molar-refractivity contribution < 1.29 is 9.53 Å². The summed E-state index contributed by atoms with van der Waals surface area (Å²) in [6.45, 7) is 2.54. The molecule has 3 rings (SSSR count). The second kappa shape index (κ2) is 6.85. The molecule has 116 valence electrons. The van der Waals surface area contributed by atoms with Gasteiger partial charge in [0.05, 0.1) is 30.9 Å². The predicted molar refractivity (Wildman–Crippen MR) is 85.9 cm³/mol. The normalized spacial score (nSPS) is 15.0. The van der Waals surface area contributed by atoms with Crippen LogP contribution < -0.4 is 5.84 Å². The van der Waals surface area contributed by atoms with Crippen LogP contribution in [0.1, 0.15) is 0 Å². The number of amides is 1. The summed E-state index contributed by atoms with van der Waals surface area (Å²) in [7, 11) is 0. The molecular formula is C15H18N4O2S. The van der Waals surface area contributed by atoms with Crippen molar-refractivity contribution in [3.63, 3.8) is 0 Å². The molecule has 1 fully saturated rings. The minimum atomic E-state index is 0.0950. The van der Waals surface area contributed by atoms with Gasteiger partial charge in [0, 0.05) is 18.7 Å². The minimum Gasteiger partial charge on any atom is -0.378 e. The highest BCUT2D eigenvalue weighted by atomic mass is 32.2. The zero-order valence-electron chi connectivity index (χ0n) is 12.1. The molecule has 1 aliphatic heterocycles. The van der Waals surface area contributed by atoms with Gasteiger partial charge in [0.15, 0.2) is 5.16 Å². The van der Waals surface area contributed by atoms with Crippen LogP contribution >= 0.6 is 11.8 Å². The fourth-order valence-corrected chi connectivity index (χ4v) is 3.06. The van der Waals surface area contributed by atoms with Gasteiger partial charge in [-0.25, -0.2) is 9.66 Å². The third-order valence-electron chi connectivity index (χ3n) is 3.46. The molecule has 6 nitrogen and oxygen atoms in total. The monoisotopic (exact) mass is 318 g/mol. The second-order valence-corrected chi connectivity index (χ2v) is 5.91. The quantitative estimate of drug-likeness (QED) is 0.678. The number of imidazole rings is 1. The highest BCUT2D eigenvalue weighted by molar-refractivity contribution is 7.99. The van der Waals surface area contributed by atoms with Crippen LogP contribution in [0.25, 0.3) is 11.3 Å². The Morgan fingerprint density at radius 1 is 1.27 bits per heavy atom. The van der Waals surface area contributed by atoms with E-state index in [1.807, 2.05) is 35.2 Å². The van der Waals surface area contributed by atoms with Crippen LogP contribution in [-0.2, 0) is 9.53 Å². The number of aromatic nitrogens is 2. The Kier molecular flexibility index (Phi) is 4.65. The highest BCUT2D eigenvalue weighted by Crippen LogP contribution is 2.22. The summed E-state index contributed by atoms with van der Waals surface area (Å²) >= 11 is 1.36. The molecule has 1 amide bonds. The number of nitrogens with zero attached hydrogens (tertiary/aromatic N) is 3. The molecule has 2 aromatic rings. The number of thioether (sulfide) groups is 1. The van der Waals surface area contributed by atoms with Gasteiger partial charge in [0.1, 0.15) is 0 Å². The molecule has 0 atom stereocenters. The van der Waals surface area contributed by atoms with Crippen molar-refractivity contribution in [2.75, 3.05) is 37.9 Å². The van der Waals surface area contributed by atoms with E-state index in [4.69, 9.17) is 10.6 Å². The van der Waals surface area contributed by atoms with Gasteiger partial charge >= 0.3 is 0 Å². The van der Waals surface area contributed by atoms with Crippen LogP contribution in [0.2, 0.25) is 0 Å². The Balaban J connectivity index is 1.63. The lowest BCUT2D eigenvalue weighted by atomic mass is 10.2. The SMILES string of the molecule is Nn1cc(-c2ccccc2)nc1SCC(=O)N1CCOCC1. The highest BCUT2D eigenvalue weighted by Gasteiger charge is 2.18. The molecule has 22 heavy (non-hydrogen) atoms. The number of rotatable bonds is 4. The molecule has 1 aromatic carbocycles. The van der Waals surface area contributed by atoms with Gasteiger partial charge in [0.2, 0.25) is 5.91 Å². The number of nitrogen functional groups attached to an aromatic ring is 1. The third-order valence-corrected chi connectivity index (χ3v) is 4.41. The van der Waals surface area contributed by atoms with Crippen LogP contribution in [0.5, 0.6) is 0 Å². The summed E-state index contributed by atoms with van der Waals surface area (Å²) in [6.07, 6.45) is 1.77. The van der Waals surface area contributed by atoms with Gasteiger partial charge in [-0.15, -0.1) is 0 Å². The second-order valence-electron chi connectivity index (χ2n) is 4.96. The van der Waals surface area contributed by atoms with E-state index in [2.05, 4.69) is 4.98 Å². The summed E-state index contributed by atoms with van der Waals surface area (Å²) < 4.78 is 6.72. The maximum absolute atomic E-state index is 12.1. The number of carbonyl (C=O) groups is 1. The maximum atomic E-state index is 12.1.